The van der Waals surface area contributed by atoms with Crippen LogP contribution >= 0.6 is 11.8 Å². The van der Waals surface area contributed by atoms with Gasteiger partial charge in [0.1, 0.15) is 5.82 Å². The lowest BCUT2D eigenvalue weighted by atomic mass is 9.99. The molecule has 0 aliphatic carbocycles. The zero-order chi connectivity index (χ0) is 21.0. The highest BCUT2D eigenvalue weighted by Crippen LogP contribution is 2.26. The van der Waals surface area contributed by atoms with Crippen LogP contribution in [0.15, 0.2) is 28.3 Å². The number of aromatic amines is 1. The summed E-state index contributed by atoms with van der Waals surface area (Å²) in [5.74, 6) is 0.973. The van der Waals surface area contributed by atoms with Crippen LogP contribution in [0.1, 0.15) is 29.8 Å². The first-order valence-electron chi connectivity index (χ1n) is 9.64. The molecule has 0 spiro atoms. The van der Waals surface area contributed by atoms with Crippen LogP contribution in [-0.4, -0.2) is 59.2 Å². The summed E-state index contributed by atoms with van der Waals surface area (Å²) in [6.45, 7) is 6.65. The summed E-state index contributed by atoms with van der Waals surface area (Å²) >= 11 is 1.46. The Balaban J connectivity index is 1.56. The van der Waals surface area contributed by atoms with Gasteiger partial charge in [-0.2, -0.15) is 4.31 Å². The fraction of sp³-hybridized carbons (Fsp3) is 0.526. The Morgan fingerprint density at radius 2 is 2.14 bits per heavy atom. The van der Waals surface area contributed by atoms with Gasteiger partial charge in [-0.15, -0.1) is 5.10 Å². The van der Waals surface area contributed by atoms with Crippen LogP contribution in [0.4, 0.5) is 0 Å². The fourth-order valence-corrected chi connectivity index (χ4v) is 5.88. The van der Waals surface area contributed by atoms with E-state index >= 15 is 0 Å². The molecule has 1 fully saturated rings. The first-order chi connectivity index (χ1) is 13.8. The molecule has 8 nitrogen and oxygen atoms in total. The number of aryl methyl sites for hydroxylation is 3. The van der Waals surface area contributed by atoms with Gasteiger partial charge in [0.2, 0.25) is 21.1 Å². The molecule has 158 valence electrons. The molecule has 1 aromatic carbocycles. The second kappa shape index (κ2) is 9.27. The zero-order valence-electron chi connectivity index (χ0n) is 16.9. The van der Waals surface area contributed by atoms with Gasteiger partial charge in [0.15, 0.2) is 0 Å². The molecule has 10 heteroatoms. The number of rotatable bonds is 7. The van der Waals surface area contributed by atoms with E-state index < -0.39 is 10.0 Å². The molecule has 29 heavy (non-hydrogen) atoms. The number of hydrogen-bond donors (Lipinski definition) is 2. The second-order valence-corrected chi connectivity index (χ2v) is 10.3. The van der Waals surface area contributed by atoms with Crippen molar-refractivity contribution in [2.24, 2.45) is 5.92 Å². The number of piperidine rings is 1. The van der Waals surface area contributed by atoms with Crippen molar-refractivity contribution in [2.75, 3.05) is 25.4 Å². The third kappa shape index (κ3) is 5.37. The molecule has 0 saturated carbocycles. The number of nitrogens with one attached hydrogen (secondary N) is 2. The summed E-state index contributed by atoms with van der Waals surface area (Å²) in [5.41, 5.74) is 1.63. The van der Waals surface area contributed by atoms with Gasteiger partial charge in [0.25, 0.3) is 0 Å². The van der Waals surface area contributed by atoms with Crippen LogP contribution in [0.2, 0.25) is 0 Å². The number of sulfonamides is 1. The third-order valence-corrected chi connectivity index (χ3v) is 7.78. The Labute approximate surface area is 175 Å². The SMILES string of the molecule is Cc1ccc(C)c(S(=O)(=O)N2CCC[C@@H](C(=O)NCCSc3n[nH]c(C)n3)C2)c1. The molecular weight excluding hydrogens is 410 g/mol. The molecule has 0 unspecified atom stereocenters. The summed E-state index contributed by atoms with van der Waals surface area (Å²) in [5, 5.41) is 10.4. The van der Waals surface area contributed by atoms with Crippen molar-refractivity contribution in [3.05, 3.63) is 35.2 Å². The Morgan fingerprint density at radius 3 is 2.86 bits per heavy atom. The molecule has 2 heterocycles. The minimum atomic E-state index is -3.61. The highest BCUT2D eigenvalue weighted by atomic mass is 32.2. The van der Waals surface area contributed by atoms with E-state index in [4.69, 9.17) is 0 Å². The predicted molar refractivity (Wildman–Crippen MR) is 112 cm³/mol. The van der Waals surface area contributed by atoms with Crippen molar-refractivity contribution < 1.29 is 13.2 Å². The molecule has 2 aromatic rings. The molecule has 1 amide bonds. The van der Waals surface area contributed by atoms with E-state index in [0.29, 0.717) is 41.7 Å². The quantitative estimate of drug-likeness (QED) is 0.507. The van der Waals surface area contributed by atoms with E-state index in [9.17, 15) is 13.2 Å². The van der Waals surface area contributed by atoms with Crippen molar-refractivity contribution in [1.82, 2.24) is 24.8 Å². The van der Waals surface area contributed by atoms with Crippen molar-refractivity contribution >= 4 is 27.7 Å². The minimum absolute atomic E-state index is 0.0994. The Kier molecular flexibility index (Phi) is 6.97. The number of carbonyl (C=O) groups excluding carboxylic acids is 1. The van der Waals surface area contributed by atoms with E-state index in [2.05, 4.69) is 20.5 Å². The average Bonchev–Trinajstić information content (AvgIpc) is 3.12. The van der Waals surface area contributed by atoms with E-state index in [1.807, 2.05) is 26.0 Å². The smallest absolute Gasteiger partial charge is 0.243 e. The molecule has 1 aromatic heterocycles. The number of thioether (sulfide) groups is 1. The molecule has 2 N–H and O–H groups in total. The predicted octanol–water partition coefficient (Wildman–Crippen LogP) is 2.04. The van der Waals surface area contributed by atoms with Gasteiger partial charge in [-0.25, -0.2) is 13.4 Å². The van der Waals surface area contributed by atoms with E-state index in [1.54, 1.807) is 13.0 Å². The summed E-state index contributed by atoms with van der Waals surface area (Å²) in [6, 6.07) is 5.43. The van der Waals surface area contributed by atoms with Crippen molar-refractivity contribution in [1.29, 1.82) is 0 Å². The summed E-state index contributed by atoms with van der Waals surface area (Å²) < 4.78 is 27.7. The van der Waals surface area contributed by atoms with E-state index in [-0.39, 0.29) is 18.4 Å². The van der Waals surface area contributed by atoms with Gasteiger partial charge in [-0.3, -0.25) is 9.89 Å². The largest absolute Gasteiger partial charge is 0.355 e. The van der Waals surface area contributed by atoms with Crippen LogP contribution in [0.25, 0.3) is 0 Å². The van der Waals surface area contributed by atoms with Gasteiger partial charge >= 0.3 is 0 Å². The number of carbonyl (C=O) groups is 1. The maximum Gasteiger partial charge on any atom is 0.243 e. The van der Waals surface area contributed by atoms with Crippen LogP contribution in [-0.2, 0) is 14.8 Å². The Morgan fingerprint density at radius 1 is 1.34 bits per heavy atom. The average molecular weight is 438 g/mol. The molecule has 3 rings (SSSR count). The molecule has 1 saturated heterocycles. The van der Waals surface area contributed by atoms with Crippen LogP contribution in [0, 0.1) is 26.7 Å². The summed E-state index contributed by atoms with van der Waals surface area (Å²) in [7, 11) is -3.61. The molecule has 1 aliphatic rings. The standard InChI is InChI=1S/C19H27N5O3S2/c1-13-6-7-14(2)17(11-13)29(26,27)24-9-4-5-16(12-24)18(25)20-8-10-28-19-21-15(3)22-23-19/h6-7,11,16H,4-5,8-10,12H2,1-3H3,(H,20,25)(H,21,22,23)/t16-/m1/s1. The van der Waals surface area contributed by atoms with Gasteiger partial charge in [-0.05, 0) is 50.8 Å². The molecule has 0 bridgehead atoms. The third-order valence-electron chi connectivity index (χ3n) is 4.93. The van der Waals surface area contributed by atoms with Gasteiger partial charge in [0, 0.05) is 25.4 Å². The number of nitrogens with zero attached hydrogens (tertiary/aromatic N) is 3. The highest BCUT2D eigenvalue weighted by molar-refractivity contribution is 7.99. The highest BCUT2D eigenvalue weighted by Gasteiger charge is 2.33. The van der Waals surface area contributed by atoms with Crippen LogP contribution in [0.5, 0.6) is 0 Å². The van der Waals surface area contributed by atoms with E-state index in [1.165, 1.54) is 16.1 Å². The first-order valence-corrected chi connectivity index (χ1v) is 12.1. The topological polar surface area (TPSA) is 108 Å². The molecular formula is C19H27N5O3S2. The maximum atomic E-state index is 13.1. The van der Waals surface area contributed by atoms with Gasteiger partial charge in [0.05, 0.1) is 10.8 Å². The maximum absolute atomic E-state index is 13.1. The monoisotopic (exact) mass is 437 g/mol. The summed E-state index contributed by atoms with van der Waals surface area (Å²) in [6.07, 6.45) is 1.37. The first kappa shape index (κ1) is 21.8. The molecule has 1 atom stereocenters. The number of aromatic nitrogens is 3. The van der Waals surface area contributed by atoms with Gasteiger partial charge in [-0.1, -0.05) is 23.9 Å². The summed E-state index contributed by atoms with van der Waals surface area (Å²) in [4.78, 5) is 17.1. The Bertz CT molecular complexity index is 974. The van der Waals surface area contributed by atoms with Crippen LogP contribution in [0.3, 0.4) is 0 Å². The zero-order valence-corrected chi connectivity index (χ0v) is 18.6. The number of H-pyrrole nitrogens is 1. The number of hydrogen-bond acceptors (Lipinski definition) is 6. The van der Waals surface area contributed by atoms with Gasteiger partial charge < -0.3 is 5.32 Å². The fourth-order valence-electron chi connectivity index (χ4n) is 3.35. The minimum Gasteiger partial charge on any atom is -0.355 e. The normalized spacial score (nSPS) is 18.0. The van der Waals surface area contributed by atoms with E-state index in [0.717, 1.165) is 17.0 Å². The molecule has 0 radical (unpaired) electrons. The number of amides is 1. The van der Waals surface area contributed by atoms with Crippen LogP contribution < -0.4 is 5.32 Å². The van der Waals surface area contributed by atoms with Crippen molar-refractivity contribution in [3.63, 3.8) is 0 Å². The lowest BCUT2D eigenvalue weighted by molar-refractivity contribution is -0.125. The van der Waals surface area contributed by atoms with Crippen molar-refractivity contribution in [2.45, 2.75) is 43.7 Å². The van der Waals surface area contributed by atoms with Crippen molar-refractivity contribution in [3.8, 4) is 0 Å². The Hall–Kier alpha value is -1.91. The lowest BCUT2D eigenvalue weighted by Crippen LogP contribution is -2.45. The number of benzene rings is 1. The second-order valence-electron chi connectivity index (χ2n) is 7.31. The molecule has 1 aliphatic heterocycles. The lowest BCUT2D eigenvalue weighted by Gasteiger charge is -2.31.